The summed E-state index contributed by atoms with van der Waals surface area (Å²) >= 11 is 0. The Morgan fingerprint density at radius 2 is 1.61 bits per heavy atom. The summed E-state index contributed by atoms with van der Waals surface area (Å²) in [4.78, 5) is 4.61. The van der Waals surface area contributed by atoms with Crippen LogP contribution in [0.4, 0.5) is 8.78 Å². The van der Waals surface area contributed by atoms with Gasteiger partial charge in [0, 0.05) is 29.5 Å². The Bertz CT molecular complexity index is 951. The SMILES string of the molecule is CCc1cccc(CC)c1-c1cc(OC)c(COc2ccc(F)cc2F)cn1. The molecule has 0 bridgehead atoms. The maximum absolute atomic E-state index is 13.8. The van der Waals surface area contributed by atoms with Gasteiger partial charge >= 0.3 is 0 Å². The fourth-order valence-electron chi connectivity index (χ4n) is 3.22. The number of rotatable bonds is 7. The fourth-order valence-corrected chi connectivity index (χ4v) is 3.22. The van der Waals surface area contributed by atoms with Crippen LogP contribution in [0.15, 0.2) is 48.7 Å². The van der Waals surface area contributed by atoms with Crippen LogP contribution < -0.4 is 9.47 Å². The van der Waals surface area contributed by atoms with E-state index < -0.39 is 11.6 Å². The van der Waals surface area contributed by atoms with E-state index in [0.29, 0.717) is 11.3 Å². The lowest BCUT2D eigenvalue weighted by atomic mass is 9.94. The first kappa shape index (κ1) is 19.8. The van der Waals surface area contributed by atoms with E-state index >= 15 is 0 Å². The van der Waals surface area contributed by atoms with Crippen molar-refractivity contribution in [2.24, 2.45) is 0 Å². The maximum Gasteiger partial charge on any atom is 0.167 e. The van der Waals surface area contributed by atoms with Crippen molar-refractivity contribution >= 4 is 0 Å². The van der Waals surface area contributed by atoms with Gasteiger partial charge in [-0.25, -0.2) is 8.78 Å². The molecule has 2 aromatic carbocycles. The van der Waals surface area contributed by atoms with Gasteiger partial charge < -0.3 is 9.47 Å². The number of aryl methyl sites for hydroxylation is 2. The van der Waals surface area contributed by atoms with Crippen molar-refractivity contribution < 1.29 is 18.3 Å². The van der Waals surface area contributed by atoms with Gasteiger partial charge in [0.15, 0.2) is 11.6 Å². The van der Waals surface area contributed by atoms with Crippen molar-refractivity contribution in [3.05, 3.63) is 77.0 Å². The zero-order valence-electron chi connectivity index (χ0n) is 16.3. The van der Waals surface area contributed by atoms with Crippen molar-refractivity contribution in [1.82, 2.24) is 4.98 Å². The van der Waals surface area contributed by atoms with Gasteiger partial charge in [-0.2, -0.15) is 0 Å². The van der Waals surface area contributed by atoms with Crippen molar-refractivity contribution in [2.75, 3.05) is 7.11 Å². The van der Waals surface area contributed by atoms with Crippen LogP contribution in [0.1, 0.15) is 30.5 Å². The summed E-state index contributed by atoms with van der Waals surface area (Å²) in [6, 6.07) is 11.4. The zero-order chi connectivity index (χ0) is 20.1. The summed E-state index contributed by atoms with van der Waals surface area (Å²) in [5, 5.41) is 0. The Kier molecular flexibility index (Phi) is 6.24. The number of hydrogen-bond acceptors (Lipinski definition) is 3. The van der Waals surface area contributed by atoms with E-state index in [0.717, 1.165) is 36.2 Å². The largest absolute Gasteiger partial charge is 0.496 e. The molecule has 0 aliphatic heterocycles. The van der Waals surface area contributed by atoms with Gasteiger partial charge in [-0.3, -0.25) is 4.98 Å². The molecule has 146 valence electrons. The minimum atomic E-state index is -0.743. The molecular formula is C23H23F2NO2. The second-order valence-electron chi connectivity index (χ2n) is 6.40. The van der Waals surface area contributed by atoms with E-state index in [4.69, 9.17) is 9.47 Å². The molecule has 0 saturated carbocycles. The number of hydrogen-bond donors (Lipinski definition) is 0. The molecule has 0 aliphatic carbocycles. The number of halogens is 2. The molecule has 0 radical (unpaired) electrons. The first-order valence-corrected chi connectivity index (χ1v) is 9.29. The number of methoxy groups -OCH3 is 1. The van der Waals surface area contributed by atoms with Crippen LogP contribution >= 0.6 is 0 Å². The van der Waals surface area contributed by atoms with E-state index in [9.17, 15) is 8.78 Å². The van der Waals surface area contributed by atoms with Crippen molar-refractivity contribution in [1.29, 1.82) is 0 Å². The number of benzene rings is 2. The predicted octanol–water partition coefficient (Wildman–Crippen LogP) is 5.74. The molecule has 3 aromatic rings. The van der Waals surface area contributed by atoms with E-state index in [1.165, 1.54) is 17.2 Å². The highest BCUT2D eigenvalue weighted by atomic mass is 19.1. The molecule has 0 amide bonds. The number of nitrogens with zero attached hydrogens (tertiary/aromatic N) is 1. The van der Waals surface area contributed by atoms with Gasteiger partial charge in [0.2, 0.25) is 0 Å². The first-order chi connectivity index (χ1) is 13.6. The molecule has 0 spiro atoms. The molecule has 0 saturated heterocycles. The van der Waals surface area contributed by atoms with Gasteiger partial charge in [-0.05, 0) is 36.1 Å². The minimum absolute atomic E-state index is 0.0165. The fraction of sp³-hybridized carbons (Fsp3) is 0.261. The van der Waals surface area contributed by atoms with Crippen LogP contribution in [0, 0.1) is 11.6 Å². The quantitative estimate of drug-likeness (QED) is 0.521. The summed E-state index contributed by atoms with van der Waals surface area (Å²) in [5.41, 5.74) is 5.10. The highest BCUT2D eigenvalue weighted by Crippen LogP contribution is 2.31. The minimum Gasteiger partial charge on any atom is -0.496 e. The molecule has 5 heteroatoms. The number of ether oxygens (including phenoxy) is 2. The van der Waals surface area contributed by atoms with Gasteiger partial charge in [0.1, 0.15) is 18.2 Å². The lowest BCUT2D eigenvalue weighted by Gasteiger charge is -2.15. The normalized spacial score (nSPS) is 10.8. The van der Waals surface area contributed by atoms with Gasteiger partial charge in [-0.1, -0.05) is 32.0 Å². The Hall–Kier alpha value is -2.95. The summed E-state index contributed by atoms with van der Waals surface area (Å²) in [6.45, 7) is 4.30. The average molecular weight is 383 g/mol. The molecule has 0 N–H and O–H groups in total. The summed E-state index contributed by atoms with van der Waals surface area (Å²) in [5.74, 6) is -0.791. The summed E-state index contributed by atoms with van der Waals surface area (Å²) < 4.78 is 37.8. The van der Waals surface area contributed by atoms with Crippen LogP contribution in [-0.2, 0) is 19.4 Å². The second kappa shape index (κ2) is 8.83. The van der Waals surface area contributed by atoms with Crippen LogP contribution in [-0.4, -0.2) is 12.1 Å². The lowest BCUT2D eigenvalue weighted by Crippen LogP contribution is -2.03. The highest BCUT2D eigenvalue weighted by Gasteiger charge is 2.14. The highest BCUT2D eigenvalue weighted by molar-refractivity contribution is 5.69. The molecule has 0 fully saturated rings. The van der Waals surface area contributed by atoms with Crippen molar-refractivity contribution in [3.63, 3.8) is 0 Å². The number of aromatic nitrogens is 1. The second-order valence-corrected chi connectivity index (χ2v) is 6.40. The molecular weight excluding hydrogens is 360 g/mol. The molecule has 0 atom stereocenters. The Morgan fingerprint density at radius 3 is 2.21 bits per heavy atom. The monoisotopic (exact) mass is 383 g/mol. The Labute approximate surface area is 164 Å². The third kappa shape index (κ3) is 4.14. The van der Waals surface area contributed by atoms with Gasteiger partial charge in [-0.15, -0.1) is 0 Å². The van der Waals surface area contributed by atoms with Crippen LogP contribution in [0.25, 0.3) is 11.3 Å². The smallest absolute Gasteiger partial charge is 0.167 e. The van der Waals surface area contributed by atoms with Gasteiger partial charge in [0.05, 0.1) is 12.8 Å². The van der Waals surface area contributed by atoms with Gasteiger partial charge in [0.25, 0.3) is 0 Å². The molecule has 0 aliphatic rings. The zero-order valence-corrected chi connectivity index (χ0v) is 16.3. The summed E-state index contributed by atoms with van der Waals surface area (Å²) in [6.07, 6.45) is 3.49. The van der Waals surface area contributed by atoms with Crippen LogP contribution in [0.3, 0.4) is 0 Å². The molecule has 1 aromatic heterocycles. The molecule has 0 unspecified atom stereocenters. The third-order valence-electron chi connectivity index (χ3n) is 4.70. The van der Waals surface area contributed by atoms with Crippen molar-refractivity contribution in [3.8, 4) is 22.8 Å². The average Bonchev–Trinajstić information content (AvgIpc) is 2.72. The molecule has 3 nitrogen and oxygen atoms in total. The number of pyridine rings is 1. The topological polar surface area (TPSA) is 31.4 Å². The van der Waals surface area contributed by atoms with E-state index in [-0.39, 0.29) is 12.4 Å². The van der Waals surface area contributed by atoms with E-state index in [1.54, 1.807) is 13.3 Å². The molecule has 3 rings (SSSR count). The van der Waals surface area contributed by atoms with E-state index in [1.807, 2.05) is 6.07 Å². The first-order valence-electron chi connectivity index (χ1n) is 9.29. The standard InChI is InChI=1S/C23H23F2NO2/c1-4-15-7-6-8-16(5-2)23(15)20-12-22(27-3)17(13-26-20)14-28-21-10-9-18(24)11-19(21)25/h6-13H,4-5,14H2,1-3H3. The van der Waals surface area contributed by atoms with Crippen LogP contribution in [0.5, 0.6) is 11.5 Å². The van der Waals surface area contributed by atoms with Crippen molar-refractivity contribution in [2.45, 2.75) is 33.3 Å². The predicted molar refractivity (Wildman–Crippen MR) is 106 cm³/mol. The summed E-state index contributed by atoms with van der Waals surface area (Å²) in [7, 11) is 1.58. The molecule has 28 heavy (non-hydrogen) atoms. The lowest BCUT2D eigenvalue weighted by molar-refractivity contribution is 0.281. The van der Waals surface area contributed by atoms with Crippen LogP contribution in [0.2, 0.25) is 0 Å². The maximum atomic E-state index is 13.8. The Balaban J connectivity index is 1.91. The van der Waals surface area contributed by atoms with E-state index in [2.05, 4.69) is 37.0 Å². The third-order valence-corrected chi connectivity index (χ3v) is 4.70. The molecule has 1 heterocycles. The Morgan fingerprint density at radius 1 is 0.893 bits per heavy atom.